The fourth-order valence-electron chi connectivity index (χ4n) is 3.78. The van der Waals surface area contributed by atoms with Crippen LogP contribution in [0.2, 0.25) is 0 Å². The molecule has 0 radical (unpaired) electrons. The van der Waals surface area contributed by atoms with Crippen molar-refractivity contribution in [3.05, 3.63) is 24.4 Å². The predicted molar refractivity (Wildman–Crippen MR) is 99.0 cm³/mol. The minimum absolute atomic E-state index is 0.330. The van der Waals surface area contributed by atoms with Crippen LogP contribution in [0, 0.1) is 11.8 Å². The molecular formula is C19H36N4. The van der Waals surface area contributed by atoms with Crippen LogP contribution in [-0.2, 0) is 0 Å². The van der Waals surface area contributed by atoms with E-state index >= 15 is 0 Å². The van der Waals surface area contributed by atoms with Crippen LogP contribution in [0.4, 0.5) is 0 Å². The largest absolute Gasteiger partial charge is 0.373 e. The van der Waals surface area contributed by atoms with Gasteiger partial charge >= 0.3 is 0 Å². The summed E-state index contributed by atoms with van der Waals surface area (Å²) in [6, 6.07) is 0.394. The summed E-state index contributed by atoms with van der Waals surface area (Å²) in [5.41, 5.74) is 7.50. The molecule has 4 atom stereocenters. The van der Waals surface area contributed by atoms with Gasteiger partial charge in [0.1, 0.15) is 0 Å². The highest BCUT2D eigenvalue weighted by atomic mass is 15.2. The van der Waals surface area contributed by atoms with Crippen LogP contribution in [0.5, 0.6) is 0 Å². The lowest BCUT2D eigenvalue weighted by Crippen LogP contribution is -2.52. The molecule has 1 aliphatic carbocycles. The van der Waals surface area contributed by atoms with Gasteiger partial charge in [-0.15, -0.1) is 6.58 Å². The number of likely N-dealkylation sites (tertiary alicyclic amines) is 1. The maximum Gasteiger partial charge on any atom is 0.0765 e. The van der Waals surface area contributed by atoms with Gasteiger partial charge in [0.25, 0.3) is 0 Å². The molecule has 132 valence electrons. The van der Waals surface area contributed by atoms with E-state index in [1.807, 2.05) is 6.08 Å². The molecule has 3 unspecified atom stereocenters. The van der Waals surface area contributed by atoms with Crippen molar-refractivity contribution in [3.63, 3.8) is 0 Å². The molecule has 0 amide bonds. The molecular weight excluding hydrogens is 284 g/mol. The maximum absolute atomic E-state index is 6.08. The fourth-order valence-corrected chi connectivity index (χ4v) is 3.78. The highest BCUT2D eigenvalue weighted by molar-refractivity contribution is 5.05. The minimum Gasteiger partial charge on any atom is -0.373 e. The van der Waals surface area contributed by atoms with E-state index in [0.29, 0.717) is 24.7 Å². The van der Waals surface area contributed by atoms with Gasteiger partial charge in [-0.3, -0.25) is 10.2 Å². The number of hydrogen-bond donors (Lipinski definition) is 3. The van der Waals surface area contributed by atoms with Crippen molar-refractivity contribution in [3.8, 4) is 0 Å². The molecule has 1 saturated heterocycles. The Morgan fingerprint density at radius 2 is 2.30 bits per heavy atom. The molecule has 4 N–H and O–H groups in total. The van der Waals surface area contributed by atoms with Crippen LogP contribution < -0.4 is 16.4 Å². The van der Waals surface area contributed by atoms with Gasteiger partial charge in [-0.1, -0.05) is 26.0 Å². The van der Waals surface area contributed by atoms with E-state index in [1.54, 1.807) is 0 Å². The number of nitrogens with zero attached hydrogens (tertiary/aromatic N) is 1. The van der Waals surface area contributed by atoms with Crippen molar-refractivity contribution in [2.45, 2.75) is 58.2 Å². The molecule has 4 heteroatoms. The molecule has 23 heavy (non-hydrogen) atoms. The standard InChI is InChI=1S/C19H36N4/c1-4-11-23-12-10-16(14-23)18(13-20)22-19(5-2)21-17-8-6-15(3)7-9-17/h4,8,15-16,18-19,21-22H,1,5-7,9-14,20H2,2-3H3/t15-,16?,18?,19?/m0/s1. The Morgan fingerprint density at radius 1 is 1.48 bits per heavy atom. The monoisotopic (exact) mass is 320 g/mol. The molecule has 1 fully saturated rings. The van der Waals surface area contributed by atoms with Crippen molar-refractivity contribution in [2.24, 2.45) is 17.6 Å². The van der Waals surface area contributed by atoms with E-state index in [2.05, 4.69) is 42.0 Å². The number of nitrogens with two attached hydrogens (primary N) is 1. The second-order valence-corrected chi connectivity index (χ2v) is 7.32. The number of nitrogens with one attached hydrogen (secondary N) is 2. The quantitative estimate of drug-likeness (QED) is 0.451. The lowest BCUT2D eigenvalue weighted by Gasteiger charge is -2.31. The first kappa shape index (κ1) is 18.5. The topological polar surface area (TPSA) is 53.3 Å². The lowest BCUT2D eigenvalue weighted by atomic mass is 9.94. The molecule has 0 spiro atoms. The summed E-state index contributed by atoms with van der Waals surface area (Å²) in [4.78, 5) is 2.47. The van der Waals surface area contributed by atoms with E-state index in [1.165, 1.54) is 37.9 Å². The van der Waals surface area contributed by atoms with Crippen LogP contribution in [0.15, 0.2) is 24.4 Å². The van der Waals surface area contributed by atoms with Crippen molar-refractivity contribution in [1.29, 1.82) is 0 Å². The highest BCUT2D eigenvalue weighted by Gasteiger charge is 2.29. The van der Waals surface area contributed by atoms with Crippen LogP contribution in [0.3, 0.4) is 0 Å². The van der Waals surface area contributed by atoms with Gasteiger partial charge in [-0.25, -0.2) is 0 Å². The summed E-state index contributed by atoms with van der Waals surface area (Å²) in [6.07, 6.45) is 10.7. The summed E-state index contributed by atoms with van der Waals surface area (Å²) in [6.45, 7) is 12.4. The number of rotatable bonds is 9. The van der Waals surface area contributed by atoms with Crippen LogP contribution >= 0.6 is 0 Å². The Kier molecular flexibility index (Phi) is 7.60. The molecule has 2 rings (SSSR count). The van der Waals surface area contributed by atoms with Gasteiger partial charge in [0.2, 0.25) is 0 Å². The first-order valence-electron chi connectivity index (χ1n) is 9.41. The zero-order valence-corrected chi connectivity index (χ0v) is 15.1. The molecule has 4 nitrogen and oxygen atoms in total. The van der Waals surface area contributed by atoms with Gasteiger partial charge in [0.15, 0.2) is 0 Å². The van der Waals surface area contributed by atoms with Crippen molar-refractivity contribution in [1.82, 2.24) is 15.5 Å². The first-order chi connectivity index (χ1) is 11.2. The van der Waals surface area contributed by atoms with Crippen LogP contribution in [-0.4, -0.2) is 43.3 Å². The van der Waals surface area contributed by atoms with Crippen LogP contribution in [0.25, 0.3) is 0 Å². The average Bonchev–Trinajstić information content (AvgIpc) is 3.02. The summed E-state index contributed by atoms with van der Waals surface area (Å²) in [5, 5.41) is 7.50. The Morgan fingerprint density at radius 3 is 2.91 bits per heavy atom. The molecule has 0 bridgehead atoms. The SMILES string of the molecule is C=CCN1CCC(C(CN)NC(CC)NC2=CC[C@H](C)CC2)C1. The van der Waals surface area contributed by atoms with Crippen molar-refractivity contribution >= 4 is 0 Å². The first-order valence-corrected chi connectivity index (χ1v) is 9.41. The predicted octanol–water partition coefficient (Wildman–Crippen LogP) is 2.44. The molecule has 1 aliphatic heterocycles. The van der Waals surface area contributed by atoms with Gasteiger partial charge < -0.3 is 11.1 Å². The Hall–Kier alpha value is -0.840. The Balaban J connectivity index is 1.84. The van der Waals surface area contributed by atoms with E-state index in [-0.39, 0.29) is 0 Å². The smallest absolute Gasteiger partial charge is 0.0765 e. The van der Waals surface area contributed by atoms with Gasteiger partial charge in [0, 0.05) is 31.4 Å². The second-order valence-electron chi connectivity index (χ2n) is 7.32. The van der Waals surface area contributed by atoms with E-state index < -0.39 is 0 Å². The normalized spacial score (nSPS) is 28.2. The summed E-state index contributed by atoms with van der Waals surface area (Å²) >= 11 is 0. The lowest BCUT2D eigenvalue weighted by molar-refractivity contribution is 0.285. The fraction of sp³-hybridized carbons (Fsp3) is 0.789. The molecule has 0 saturated carbocycles. The zero-order valence-electron chi connectivity index (χ0n) is 15.1. The zero-order chi connectivity index (χ0) is 16.7. The highest BCUT2D eigenvalue weighted by Crippen LogP contribution is 2.22. The summed E-state index contributed by atoms with van der Waals surface area (Å²) < 4.78 is 0. The van der Waals surface area contributed by atoms with Crippen molar-refractivity contribution in [2.75, 3.05) is 26.2 Å². The summed E-state index contributed by atoms with van der Waals surface area (Å²) in [5.74, 6) is 1.48. The molecule has 0 aromatic carbocycles. The number of allylic oxidation sites excluding steroid dienone is 2. The third-order valence-electron chi connectivity index (χ3n) is 5.38. The van der Waals surface area contributed by atoms with Gasteiger partial charge in [-0.05, 0) is 50.5 Å². The molecule has 1 heterocycles. The van der Waals surface area contributed by atoms with E-state index in [0.717, 1.165) is 25.4 Å². The second kappa shape index (κ2) is 9.45. The van der Waals surface area contributed by atoms with Crippen molar-refractivity contribution < 1.29 is 0 Å². The van der Waals surface area contributed by atoms with Crippen LogP contribution in [0.1, 0.15) is 46.0 Å². The minimum atomic E-state index is 0.330. The van der Waals surface area contributed by atoms with Gasteiger partial charge in [-0.2, -0.15) is 0 Å². The Labute approximate surface area is 142 Å². The summed E-state index contributed by atoms with van der Waals surface area (Å²) in [7, 11) is 0. The third kappa shape index (κ3) is 5.63. The molecule has 0 aromatic rings. The average molecular weight is 321 g/mol. The molecule has 0 aromatic heterocycles. The number of hydrogen-bond acceptors (Lipinski definition) is 4. The van der Waals surface area contributed by atoms with Gasteiger partial charge in [0.05, 0.1) is 6.17 Å². The third-order valence-corrected chi connectivity index (χ3v) is 5.38. The van der Waals surface area contributed by atoms with E-state index in [9.17, 15) is 0 Å². The Bertz CT molecular complexity index is 393. The molecule has 2 aliphatic rings. The van der Waals surface area contributed by atoms with E-state index in [4.69, 9.17) is 5.73 Å². The maximum atomic E-state index is 6.08.